The van der Waals surface area contributed by atoms with Crippen LogP contribution in [0.2, 0.25) is 0 Å². The van der Waals surface area contributed by atoms with E-state index < -0.39 is 0 Å². The van der Waals surface area contributed by atoms with Gasteiger partial charge in [-0.2, -0.15) is 0 Å². The van der Waals surface area contributed by atoms with Crippen LogP contribution in [0.15, 0.2) is 51.7 Å². The Bertz CT molecular complexity index is 1040. The molecule has 4 nitrogen and oxygen atoms in total. The molecule has 2 aromatic carbocycles. The van der Waals surface area contributed by atoms with E-state index in [4.69, 9.17) is 9.15 Å². The predicted octanol–water partition coefficient (Wildman–Crippen LogP) is 3.94. The van der Waals surface area contributed by atoms with Crippen molar-refractivity contribution in [2.75, 3.05) is 6.73 Å². The monoisotopic (exact) mass is 378 g/mol. The van der Waals surface area contributed by atoms with Gasteiger partial charge >= 0.3 is 5.63 Å². The summed E-state index contributed by atoms with van der Waals surface area (Å²) in [6, 6.07) is 14.8. The summed E-state index contributed by atoms with van der Waals surface area (Å²) >= 11 is 0. The second kappa shape index (κ2) is 7.80. The van der Waals surface area contributed by atoms with E-state index in [-0.39, 0.29) is 5.63 Å². The van der Waals surface area contributed by atoms with Gasteiger partial charge in [0.1, 0.15) is 23.9 Å². The highest BCUT2D eigenvalue weighted by atomic mass is 16.5. The quantitative estimate of drug-likeness (QED) is 0.684. The maximum atomic E-state index is 12.1. The molecule has 28 heavy (non-hydrogen) atoms. The molecular weight excluding hydrogens is 350 g/mol. The highest BCUT2D eigenvalue weighted by Gasteiger charge is 2.29. The zero-order valence-corrected chi connectivity index (χ0v) is 16.9. The van der Waals surface area contributed by atoms with Gasteiger partial charge in [0.15, 0.2) is 0 Å². The lowest BCUT2D eigenvalue weighted by atomic mass is 9.97. The second-order valence-corrected chi connectivity index (χ2v) is 7.82. The molecular formula is C24H28NO3+. The number of benzene rings is 2. The zero-order valence-electron chi connectivity index (χ0n) is 16.9. The highest BCUT2D eigenvalue weighted by molar-refractivity contribution is 5.86. The predicted molar refractivity (Wildman–Crippen MR) is 111 cm³/mol. The van der Waals surface area contributed by atoms with Gasteiger partial charge in [-0.15, -0.1) is 0 Å². The summed E-state index contributed by atoms with van der Waals surface area (Å²) in [6.07, 6.45) is 3.06. The maximum Gasteiger partial charge on any atom is 0.336 e. The SMILES string of the molecule is CCCCc1cc(=O)oc2c(C)c3c(cc12)C[NH+]([C@H](C)c1ccccc1)CO3. The van der Waals surface area contributed by atoms with Gasteiger partial charge in [-0.3, -0.25) is 4.90 Å². The minimum absolute atomic E-state index is 0.276. The molecule has 1 aliphatic rings. The van der Waals surface area contributed by atoms with Crippen LogP contribution in [0.25, 0.3) is 11.0 Å². The lowest BCUT2D eigenvalue weighted by molar-refractivity contribution is -0.960. The molecule has 3 aromatic rings. The van der Waals surface area contributed by atoms with E-state index in [1.807, 2.05) is 6.92 Å². The number of ether oxygens (including phenoxy) is 1. The van der Waals surface area contributed by atoms with Crippen molar-refractivity contribution in [2.24, 2.45) is 0 Å². The van der Waals surface area contributed by atoms with Gasteiger partial charge in [0.2, 0.25) is 6.73 Å². The molecule has 4 rings (SSSR count). The molecule has 1 unspecified atom stereocenters. The van der Waals surface area contributed by atoms with Crippen LogP contribution < -0.4 is 15.3 Å². The Morgan fingerprint density at radius 2 is 1.96 bits per heavy atom. The Balaban J connectivity index is 1.74. The van der Waals surface area contributed by atoms with Crippen molar-refractivity contribution in [3.05, 3.63) is 75.1 Å². The minimum atomic E-state index is -0.276. The van der Waals surface area contributed by atoms with Gasteiger partial charge in [-0.25, -0.2) is 4.79 Å². The molecule has 4 heteroatoms. The molecule has 2 heterocycles. The third kappa shape index (κ3) is 3.45. The number of unbranched alkanes of at least 4 members (excludes halogenated alkanes) is 1. The van der Waals surface area contributed by atoms with Crippen LogP contribution in [0.1, 0.15) is 55.0 Å². The molecule has 0 bridgehead atoms. The van der Waals surface area contributed by atoms with Gasteiger partial charge in [-0.1, -0.05) is 43.7 Å². The summed E-state index contributed by atoms with van der Waals surface area (Å²) in [7, 11) is 0. The molecule has 0 saturated carbocycles. The van der Waals surface area contributed by atoms with Crippen molar-refractivity contribution in [3.8, 4) is 5.75 Å². The second-order valence-electron chi connectivity index (χ2n) is 7.82. The van der Waals surface area contributed by atoms with Crippen LogP contribution in [-0.4, -0.2) is 6.73 Å². The first-order valence-electron chi connectivity index (χ1n) is 10.2. The Kier molecular flexibility index (Phi) is 5.23. The molecule has 2 atom stereocenters. The Labute approximate surface area is 165 Å². The lowest BCUT2D eigenvalue weighted by Crippen LogP contribution is -3.12. The van der Waals surface area contributed by atoms with Gasteiger partial charge in [0, 0.05) is 28.1 Å². The Hall–Kier alpha value is -2.59. The van der Waals surface area contributed by atoms with E-state index in [2.05, 4.69) is 50.2 Å². The smallest absolute Gasteiger partial charge is 0.336 e. The van der Waals surface area contributed by atoms with E-state index in [0.29, 0.717) is 18.4 Å². The summed E-state index contributed by atoms with van der Waals surface area (Å²) in [5.74, 6) is 0.882. The fourth-order valence-corrected chi connectivity index (χ4v) is 4.19. The van der Waals surface area contributed by atoms with Gasteiger partial charge < -0.3 is 9.15 Å². The first-order valence-corrected chi connectivity index (χ1v) is 10.2. The number of aryl methyl sites for hydroxylation is 2. The third-order valence-corrected chi connectivity index (χ3v) is 5.91. The van der Waals surface area contributed by atoms with Gasteiger partial charge in [-0.05, 0) is 38.3 Å². The summed E-state index contributed by atoms with van der Waals surface area (Å²) in [6.45, 7) is 7.92. The standard InChI is InChI=1S/C24H27NO3/c1-4-5-9-19-13-22(26)28-24-16(2)23-20(12-21(19)24)14-25(15-27-23)17(3)18-10-7-6-8-11-18/h6-8,10-13,17H,4-5,9,14-15H2,1-3H3/p+1/t17-/m1/s1. The van der Waals surface area contributed by atoms with Gasteiger partial charge in [0.05, 0.1) is 0 Å². The molecule has 1 aromatic heterocycles. The first-order chi connectivity index (χ1) is 13.6. The third-order valence-electron chi connectivity index (χ3n) is 5.91. The fraction of sp³-hybridized carbons (Fsp3) is 0.375. The molecule has 0 radical (unpaired) electrons. The van der Waals surface area contributed by atoms with Crippen molar-refractivity contribution in [1.82, 2.24) is 0 Å². The summed E-state index contributed by atoms with van der Waals surface area (Å²) in [5, 5.41) is 1.06. The summed E-state index contributed by atoms with van der Waals surface area (Å²) < 4.78 is 11.8. The number of rotatable bonds is 5. The van der Waals surface area contributed by atoms with Crippen LogP contribution in [0.4, 0.5) is 0 Å². The lowest BCUT2D eigenvalue weighted by Gasteiger charge is -2.31. The minimum Gasteiger partial charge on any atom is -0.444 e. The van der Waals surface area contributed by atoms with Crippen molar-refractivity contribution < 1.29 is 14.1 Å². The van der Waals surface area contributed by atoms with E-state index >= 15 is 0 Å². The molecule has 146 valence electrons. The number of hydrogen-bond donors (Lipinski definition) is 1. The van der Waals surface area contributed by atoms with Crippen molar-refractivity contribution >= 4 is 11.0 Å². The normalized spacial score (nSPS) is 17.2. The van der Waals surface area contributed by atoms with Gasteiger partial charge in [0.25, 0.3) is 0 Å². The Morgan fingerprint density at radius 3 is 2.71 bits per heavy atom. The molecule has 0 amide bonds. The highest BCUT2D eigenvalue weighted by Crippen LogP contribution is 2.34. The number of fused-ring (bicyclic) bond motifs is 2. The van der Waals surface area contributed by atoms with E-state index in [9.17, 15) is 4.79 Å². The van der Waals surface area contributed by atoms with Crippen LogP contribution in [-0.2, 0) is 13.0 Å². The number of quaternary nitrogens is 1. The molecule has 0 saturated heterocycles. The van der Waals surface area contributed by atoms with Crippen LogP contribution in [0.5, 0.6) is 5.75 Å². The number of hydrogen-bond acceptors (Lipinski definition) is 3. The molecule has 0 fully saturated rings. The summed E-state index contributed by atoms with van der Waals surface area (Å²) in [5.41, 5.74) is 4.94. The van der Waals surface area contributed by atoms with E-state index in [0.717, 1.165) is 48.1 Å². The van der Waals surface area contributed by atoms with Crippen LogP contribution in [0.3, 0.4) is 0 Å². The maximum absolute atomic E-state index is 12.1. The van der Waals surface area contributed by atoms with Crippen molar-refractivity contribution in [2.45, 2.75) is 52.6 Å². The van der Waals surface area contributed by atoms with E-state index in [1.165, 1.54) is 16.0 Å². The fourth-order valence-electron chi connectivity index (χ4n) is 4.19. The van der Waals surface area contributed by atoms with Crippen LogP contribution in [0, 0.1) is 6.92 Å². The first kappa shape index (κ1) is 18.8. The topological polar surface area (TPSA) is 43.9 Å². The molecule has 1 aliphatic heterocycles. The van der Waals surface area contributed by atoms with Crippen LogP contribution >= 0.6 is 0 Å². The largest absolute Gasteiger partial charge is 0.444 e. The summed E-state index contributed by atoms with van der Waals surface area (Å²) in [4.78, 5) is 13.5. The number of nitrogens with one attached hydrogen (secondary N) is 1. The van der Waals surface area contributed by atoms with Crippen molar-refractivity contribution in [3.63, 3.8) is 0 Å². The molecule has 1 N–H and O–H groups in total. The molecule has 0 spiro atoms. The van der Waals surface area contributed by atoms with E-state index in [1.54, 1.807) is 6.07 Å². The Morgan fingerprint density at radius 1 is 1.18 bits per heavy atom. The average molecular weight is 378 g/mol. The average Bonchev–Trinajstić information content (AvgIpc) is 2.72. The van der Waals surface area contributed by atoms with Crippen molar-refractivity contribution in [1.29, 1.82) is 0 Å². The molecule has 0 aliphatic carbocycles. The zero-order chi connectivity index (χ0) is 19.7.